The number of piperazine rings is 1. The van der Waals surface area contributed by atoms with Gasteiger partial charge in [0, 0.05) is 37.7 Å². The molecule has 0 aromatic heterocycles. The fourth-order valence-electron chi connectivity index (χ4n) is 3.23. The highest BCUT2D eigenvalue weighted by molar-refractivity contribution is 6.30. The van der Waals surface area contributed by atoms with E-state index in [4.69, 9.17) is 16.3 Å². The molecule has 2 aromatic rings. The third kappa shape index (κ3) is 5.55. The molecule has 3 rings (SSSR count). The number of para-hydroxylation sites is 1. The van der Waals surface area contributed by atoms with Gasteiger partial charge in [-0.05, 0) is 29.8 Å². The van der Waals surface area contributed by atoms with Crippen molar-refractivity contribution in [2.45, 2.75) is 6.54 Å². The van der Waals surface area contributed by atoms with Crippen LogP contribution in [0.1, 0.15) is 15.9 Å². The predicted octanol–water partition coefficient (Wildman–Crippen LogP) is 2.88. The fourth-order valence-corrected chi connectivity index (χ4v) is 3.35. The second-order valence-corrected chi connectivity index (χ2v) is 7.20. The van der Waals surface area contributed by atoms with Gasteiger partial charge in [-0.1, -0.05) is 35.9 Å². The number of hydrogen-bond acceptors (Lipinski definition) is 5. The summed E-state index contributed by atoms with van der Waals surface area (Å²) in [7, 11) is 1.32. The molecule has 1 amide bonds. The van der Waals surface area contributed by atoms with Crippen molar-refractivity contribution in [3.05, 3.63) is 64.7 Å². The average molecular weight is 402 g/mol. The highest BCUT2D eigenvalue weighted by Crippen LogP contribution is 2.16. The van der Waals surface area contributed by atoms with Crippen LogP contribution in [-0.4, -0.2) is 61.5 Å². The first kappa shape index (κ1) is 20.3. The Kier molecular flexibility index (Phi) is 7.03. The number of rotatable bonds is 6. The van der Waals surface area contributed by atoms with Crippen molar-refractivity contribution in [1.82, 2.24) is 9.80 Å². The maximum absolute atomic E-state index is 12.4. The summed E-state index contributed by atoms with van der Waals surface area (Å²) in [5.41, 5.74) is 2.06. The van der Waals surface area contributed by atoms with Crippen molar-refractivity contribution in [3.63, 3.8) is 0 Å². The molecule has 0 spiro atoms. The molecule has 0 unspecified atom stereocenters. The van der Waals surface area contributed by atoms with Crippen LogP contribution < -0.4 is 5.32 Å². The first-order chi connectivity index (χ1) is 13.5. The molecule has 1 heterocycles. The van der Waals surface area contributed by atoms with Crippen LogP contribution >= 0.6 is 11.6 Å². The van der Waals surface area contributed by atoms with Crippen LogP contribution in [0.3, 0.4) is 0 Å². The first-order valence-electron chi connectivity index (χ1n) is 9.21. The molecule has 1 N–H and O–H groups in total. The normalized spacial score (nSPS) is 15.2. The second kappa shape index (κ2) is 9.68. The van der Waals surface area contributed by atoms with Gasteiger partial charge in [-0.2, -0.15) is 0 Å². The molecule has 1 aliphatic heterocycles. The van der Waals surface area contributed by atoms with Crippen molar-refractivity contribution in [2.24, 2.45) is 0 Å². The lowest BCUT2D eigenvalue weighted by Crippen LogP contribution is -2.48. The Hall–Kier alpha value is -2.41. The molecule has 0 atom stereocenters. The molecule has 2 aromatic carbocycles. The summed E-state index contributed by atoms with van der Waals surface area (Å²) < 4.78 is 4.76. The number of nitrogens with one attached hydrogen (secondary N) is 1. The minimum absolute atomic E-state index is 0.137. The van der Waals surface area contributed by atoms with Crippen LogP contribution in [0.4, 0.5) is 5.69 Å². The van der Waals surface area contributed by atoms with Crippen LogP contribution in [0.5, 0.6) is 0 Å². The molecular weight excluding hydrogens is 378 g/mol. The van der Waals surface area contributed by atoms with E-state index in [2.05, 4.69) is 15.1 Å². The number of benzene rings is 2. The van der Waals surface area contributed by atoms with E-state index in [0.717, 1.165) is 37.7 Å². The first-order valence-corrected chi connectivity index (χ1v) is 9.59. The SMILES string of the molecule is COC(=O)c1ccccc1NC(=O)CN1CCN(Cc2ccc(Cl)cc2)CC1. The van der Waals surface area contributed by atoms with E-state index in [1.165, 1.54) is 12.7 Å². The topological polar surface area (TPSA) is 61.9 Å². The van der Waals surface area contributed by atoms with Crippen molar-refractivity contribution in [3.8, 4) is 0 Å². The van der Waals surface area contributed by atoms with Crippen molar-refractivity contribution >= 4 is 29.2 Å². The molecular formula is C21H24ClN3O3. The fraction of sp³-hybridized carbons (Fsp3) is 0.333. The second-order valence-electron chi connectivity index (χ2n) is 6.76. The van der Waals surface area contributed by atoms with Gasteiger partial charge in [0.1, 0.15) is 0 Å². The van der Waals surface area contributed by atoms with E-state index < -0.39 is 5.97 Å². The summed E-state index contributed by atoms with van der Waals surface area (Å²) in [4.78, 5) is 28.7. The largest absolute Gasteiger partial charge is 0.465 e. The van der Waals surface area contributed by atoms with Crippen molar-refractivity contribution < 1.29 is 14.3 Å². The molecule has 1 fully saturated rings. The molecule has 0 aliphatic carbocycles. The summed E-state index contributed by atoms with van der Waals surface area (Å²) >= 11 is 5.93. The lowest BCUT2D eigenvalue weighted by molar-refractivity contribution is -0.117. The third-order valence-electron chi connectivity index (χ3n) is 4.76. The number of anilines is 1. The number of amides is 1. The van der Waals surface area contributed by atoms with E-state index in [0.29, 0.717) is 17.8 Å². The number of nitrogens with zero attached hydrogens (tertiary/aromatic N) is 2. The zero-order valence-electron chi connectivity index (χ0n) is 15.9. The van der Waals surface area contributed by atoms with Gasteiger partial charge in [0.25, 0.3) is 0 Å². The van der Waals surface area contributed by atoms with Crippen molar-refractivity contribution in [1.29, 1.82) is 0 Å². The van der Waals surface area contributed by atoms with Gasteiger partial charge in [-0.3, -0.25) is 14.6 Å². The summed E-state index contributed by atoms with van der Waals surface area (Å²) in [6, 6.07) is 14.7. The summed E-state index contributed by atoms with van der Waals surface area (Å²) in [6.45, 7) is 4.61. The smallest absolute Gasteiger partial charge is 0.339 e. The van der Waals surface area contributed by atoms with E-state index in [1.54, 1.807) is 24.3 Å². The van der Waals surface area contributed by atoms with E-state index in [-0.39, 0.29) is 5.91 Å². The predicted molar refractivity (Wildman–Crippen MR) is 110 cm³/mol. The van der Waals surface area contributed by atoms with Crippen molar-refractivity contribution in [2.75, 3.05) is 45.2 Å². The Morgan fingerprint density at radius 2 is 1.64 bits per heavy atom. The van der Waals surface area contributed by atoms with Crippen LogP contribution in [0.2, 0.25) is 5.02 Å². The van der Waals surface area contributed by atoms with E-state index >= 15 is 0 Å². The number of carbonyl (C=O) groups is 2. The highest BCUT2D eigenvalue weighted by Gasteiger charge is 2.20. The molecule has 7 heteroatoms. The molecule has 148 valence electrons. The maximum Gasteiger partial charge on any atom is 0.339 e. The van der Waals surface area contributed by atoms with Gasteiger partial charge < -0.3 is 10.1 Å². The van der Waals surface area contributed by atoms with E-state index in [9.17, 15) is 9.59 Å². The van der Waals surface area contributed by atoms with Gasteiger partial charge in [-0.15, -0.1) is 0 Å². The Morgan fingerprint density at radius 1 is 1.00 bits per heavy atom. The maximum atomic E-state index is 12.4. The Bertz CT molecular complexity index is 818. The zero-order valence-corrected chi connectivity index (χ0v) is 16.6. The molecule has 1 aliphatic rings. The van der Waals surface area contributed by atoms with E-state index in [1.807, 2.05) is 24.3 Å². The lowest BCUT2D eigenvalue weighted by atomic mass is 10.1. The minimum atomic E-state index is -0.466. The number of esters is 1. The number of carbonyl (C=O) groups excluding carboxylic acids is 2. The van der Waals surface area contributed by atoms with Gasteiger partial charge in [0.05, 0.1) is 24.9 Å². The summed E-state index contributed by atoms with van der Waals surface area (Å²) in [5.74, 6) is -0.603. The summed E-state index contributed by atoms with van der Waals surface area (Å²) in [5, 5.41) is 3.57. The van der Waals surface area contributed by atoms with Gasteiger partial charge in [-0.25, -0.2) is 4.79 Å². The van der Waals surface area contributed by atoms with Gasteiger partial charge in [0.15, 0.2) is 0 Å². The number of hydrogen-bond donors (Lipinski definition) is 1. The average Bonchev–Trinajstić information content (AvgIpc) is 2.71. The summed E-state index contributed by atoms with van der Waals surface area (Å²) in [6.07, 6.45) is 0. The van der Waals surface area contributed by atoms with Crippen LogP contribution in [-0.2, 0) is 16.1 Å². The number of halogens is 1. The quantitative estimate of drug-likeness (QED) is 0.754. The monoisotopic (exact) mass is 401 g/mol. The van der Waals surface area contributed by atoms with Gasteiger partial charge in [0.2, 0.25) is 5.91 Å². The third-order valence-corrected chi connectivity index (χ3v) is 5.01. The molecule has 28 heavy (non-hydrogen) atoms. The van der Waals surface area contributed by atoms with Crippen LogP contribution in [0.25, 0.3) is 0 Å². The molecule has 0 bridgehead atoms. The Labute approximate surface area is 170 Å². The molecule has 6 nitrogen and oxygen atoms in total. The minimum Gasteiger partial charge on any atom is -0.465 e. The molecule has 0 saturated carbocycles. The molecule has 1 saturated heterocycles. The highest BCUT2D eigenvalue weighted by atomic mass is 35.5. The lowest BCUT2D eigenvalue weighted by Gasteiger charge is -2.34. The van der Waals surface area contributed by atoms with Crippen LogP contribution in [0, 0.1) is 0 Å². The van der Waals surface area contributed by atoms with Gasteiger partial charge >= 0.3 is 5.97 Å². The number of methoxy groups -OCH3 is 1. The van der Waals surface area contributed by atoms with Crippen LogP contribution in [0.15, 0.2) is 48.5 Å². The standard InChI is InChI=1S/C21H24ClN3O3/c1-28-21(27)18-4-2-3-5-19(18)23-20(26)15-25-12-10-24(11-13-25)14-16-6-8-17(22)9-7-16/h2-9H,10-15H2,1H3,(H,23,26). The zero-order chi connectivity index (χ0) is 19.9. The number of ether oxygens (including phenoxy) is 1. The Balaban J connectivity index is 1.48. The Morgan fingerprint density at radius 3 is 2.32 bits per heavy atom. The molecule has 0 radical (unpaired) electrons.